The van der Waals surface area contributed by atoms with E-state index in [0.29, 0.717) is 0 Å². The van der Waals surface area contributed by atoms with Crippen molar-refractivity contribution in [3.05, 3.63) is 46.3 Å². The van der Waals surface area contributed by atoms with Gasteiger partial charge < -0.3 is 0 Å². The molecule has 0 N–H and O–H groups in total. The van der Waals surface area contributed by atoms with Crippen LogP contribution in [0.15, 0.2) is 46.3 Å². The summed E-state index contributed by atoms with van der Waals surface area (Å²) in [6, 6.07) is 0. The maximum atomic E-state index is 14.3. The summed E-state index contributed by atoms with van der Waals surface area (Å²) in [5.41, 5.74) is 0. The van der Waals surface area contributed by atoms with Crippen LogP contribution in [0.1, 0.15) is 0 Å². The van der Waals surface area contributed by atoms with Crippen LogP contribution in [0, 0.1) is 0 Å². The molecule has 0 aromatic carbocycles. The van der Waals surface area contributed by atoms with Gasteiger partial charge in [0.05, 0.1) is 0 Å². The molecule has 304 valence electrons. The second kappa shape index (κ2) is 17.2. The van der Waals surface area contributed by atoms with Crippen molar-refractivity contribution < 1.29 is 140 Å². The number of Topliss-reactive ketones (excluding diaryl/α,β-unsaturated/α-hetero) is 4. The van der Waals surface area contributed by atoms with E-state index < -0.39 is 134 Å². The van der Waals surface area contributed by atoms with E-state index in [1.807, 2.05) is 0 Å². The van der Waals surface area contributed by atoms with Crippen LogP contribution in [-0.2, 0) is 34.2 Å². The molecule has 0 rings (SSSR count). The van der Waals surface area contributed by atoms with E-state index in [2.05, 4.69) is 15.1 Å². The van der Waals surface area contributed by atoms with Crippen LogP contribution in [0.2, 0.25) is 0 Å². The molecular formula is C20H4F24GeO8. The van der Waals surface area contributed by atoms with Crippen molar-refractivity contribution in [1.82, 2.24) is 0 Å². The number of hydrogen-bond acceptors (Lipinski definition) is 8. The van der Waals surface area contributed by atoms with Gasteiger partial charge in [-0.1, -0.05) is 0 Å². The standard InChI is InChI=1S/C20H4F24GeO8/c21-1(9(46)17(33,34)35)5(13(25)26)50-45(51-6(14(27)28)2(22)10(47)18(36,37)38,52-7(15(29)30)3(23)11(48)19(39,40)41)53-8(16(31)32)4(24)12(49)20(42,43)44/h13-16H/b5-1+,6-2+,7-3+,8-4+. The number of ketones is 4. The molecule has 33 heteroatoms. The summed E-state index contributed by atoms with van der Waals surface area (Å²) >= 11 is -9.95. The van der Waals surface area contributed by atoms with Gasteiger partial charge in [-0.2, -0.15) is 0 Å². The summed E-state index contributed by atoms with van der Waals surface area (Å²) in [4.78, 5) is 44.6. The molecule has 0 aliphatic heterocycles. The number of allylic oxidation sites excluding steroid dienone is 8. The Morgan fingerprint density at radius 2 is 0.472 bits per heavy atom. The Balaban J connectivity index is 9.10. The molecule has 8 nitrogen and oxygen atoms in total. The van der Waals surface area contributed by atoms with Crippen molar-refractivity contribution in [1.29, 1.82) is 0 Å². The van der Waals surface area contributed by atoms with Crippen molar-refractivity contribution in [3.8, 4) is 0 Å². The minimum absolute atomic E-state index is 3.14. The predicted molar refractivity (Wildman–Crippen MR) is 111 cm³/mol. The van der Waals surface area contributed by atoms with Gasteiger partial charge in [-0.25, -0.2) is 0 Å². The van der Waals surface area contributed by atoms with E-state index in [1.165, 1.54) is 0 Å². The van der Waals surface area contributed by atoms with E-state index in [1.54, 1.807) is 0 Å². The summed E-state index contributed by atoms with van der Waals surface area (Å²) in [5.74, 6) is -51.8. The molecule has 0 aliphatic carbocycles. The van der Waals surface area contributed by atoms with Crippen LogP contribution in [-0.4, -0.2) is 88.2 Å². The third-order valence-corrected chi connectivity index (χ3v) is 8.37. The quantitative estimate of drug-likeness (QED) is 0.0670. The molecule has 0 aromatic heterocycles. The minimum atomic E-state index is -9.95. The average Bonchev–Trinajstić information content (AvgIpc) is 2.98. The SMILES string of the molecule is O=C(/C(F)=C(\[O][Ge]([O]/C(=C(/F)C(=O)C(F)(F)F)C(F)F)([O]/C(=C(/F)C(=O)C(F)(F)F)C(F)F)[O]/C(=C(/F)C(=O)C(F)(F)F)C(F)F)C(F)F)C(F)(F)F. The van der Waals surface area contributed by atoms with Gasteiger partial charge >= 0.3 is 274 Å². The fraction of sp³-hybridized carbons (Fsp3) is 0.400. The molecule has 0 aliphatic rings. The van der Waals surface area contributed by atoms with E-state index in [-0.39, 0.29) is 0 Å². The number of alkyl halides is 20. The van der Waals surface area contributed by atoms with Crippen molar-refractivity contribution in [2.75, 3.05) is 0 Å². The van der Waals surface area contributed by atoms with Crippen LogP contribution < -0.4 is 0 Å². The van der Waals surface area contributed by atoms with Gasteiger partial charge in [-0.15, -0.1) is 0 Å². The Hall–Kier alpha value is -4.30. The third-order valence-electron chi connectivity index (χ3n) is 4.43. The monoisotopic (exact) mass is 902 g/mol. The molecule has 53 heavy (non-hydrogen) atoms. The van der Waals surface area contributed by atoms with Gasteiger partial charge in [-0.05, 0) is 0 Å². The van der Waals surface area contributed by atoms with Crippen molar-refractivity contribution >= 4 is 37.7 Å². The molecule has 0 spiro atoms. The van der Waals surface area contributed by atoms with Crippen molar-refractivity contribution in [2.24, 2.45) is 0 Å². The van der Waals surface area contributed by atoms with Crippen molar-refractivity contribution in [2.45, 2.75) is 50.4 Å². The fourth-order valence-corrected chi connectivity index (χ4v) is 6.63. The topological polar surface area (TPSA) is 105 Å². The van der Waals surface area contributed by atoms with Crippen molar-refractivity contribution in [3.63, 3.8) is 0 Å². The van der Waals surface area contributed by atoms with Gasteiger partial charge in [0.1, 0.15) is 0 Å². The Kier molecular flexibility index (Phi) is 15.8. The van der Waals surface area contributed by atoms with Crippen LogP contribution in [0.3, 0.4) is 0 Å². The molecule has 0 fully saturated rings. The summed E-state index contributed by atoms with van der Waals surface area (Å²) in [5, 5.41) is 0. The predicted octanol–water partition coefficient (Wildman–Crippen LogP) is 7.80. The molecular weight excluding hydrogens is 897 g/mol. The van der Waals surface area contributed by atoms with Gasteiger partial charge in [0.2, 0.25) is 0 Å². The van der Waals surface area contributed by atoms with Gasteiger partial charge in [0.25, 0.3) is 0 Å². The van der Waals surface area contributed by atoms with Crippen LogP contribution >= 0.6 is 0 Å². The maximum absolute atomic E-state index is 14.3. The van der Waals surface area contributed by atoms with Gasteiger partial charge in [0.15, 0.2) is 0 Å². The molecule has 0 saturated heterocycles. The average molecular weight is 901 g/mol. The molecule has 0 atom stereocenters. The van der Waals surface area contributed by atoms with Crippen LogP contribution in [0.5, 0.6) is 0 Å². The first kappa shape index (κ1) is 48.7. The molecule has 0 aromatic rings. The molecule has 0 radical (unpaired) electrons. The molecule has 0 unspecified atom stereocenters. The van der Waals surface area contributed by atoms with E-state index in [9.17, 15) is 125 Å². The summed E-state index contributed by atoms with van der Waals surface area (Å²) in [7, 11) is 0. The third kappa shape index (κ3) is 13.0. The number of hydrogen-bond donors (Lipinski definition) is 0. The molecule has 0 saturated carbocycles. The second-order valence-corrected chi connectivity index (χ2v) is 11.9. The first-order valence-electron chi connectivity index (χ1n) is 11.4. The summed E-state index contributed by atoms with van der Waals surface area (Å²) in [6.45, 7) is 0. The van der Waals surface area contributed by atoms with E-state index in [0.717, 1.165) is 0 Å². The van der Waals surface area contributed by atoms with Crippen LogP contribution in [0.25, 0.3) is 0 Å². The number of halogens is 24. The zero-order valence-electron chi connectivity index (χ0n) is 23.1. The Bertz CT molecular complexity index is 1320. The van der Waals surface area contributed by atoms with Crippen LogP contribution in [0.4, 0.5) is 105 Å². The zero-order chi connectivity index (χ0) is 42.6. The van der Waals surface area contributed by atoms with E-state index in [4.69, 9.17) is 0 Å². The molecule has 0 bridgehead atoms. The molecule has 0 amide bonds. The number of carbonyl (C=O) groups excluding carboxylic acids is 4. The zero-order valence-corrected chi connectivity index (χ0v) is 25.2. The number of rotatable bonds is 16. The normalized spacial score (nSPS) is 15.5. The first-order chi connectivity index (χ1) is 23.4. The van der Waals surface area contributed by atoms with E-state index >= 15 is 0 Å². The summed E-state index contributed by atoms with van der Waals surface area (Å²) in [6.07, 6.45) is -49.8. The van der Waals surface area contributed by atoms with Gasteiger partial charge in [-0.3, -0.25) is 0 Å². The molecule has 0 heterocycles. The second-order valence-electron chi connectivity index (χ2n) is 8.13. The first-order valence-corrected chi connectivity index (χ1v) is 14.8. The van der Waals surface area contributed by atoms with Gasteiger partial charge in [0, 0.05) is 0 Å². The Labute approximate surface area is 274 Å². The Morgan fingerprint density at radius 1 is 0.340 bits per heavy atom. The number of carbonyl (C=O) groups is 4. The Morgan fingerprint density at radius 3 is 0.566 bits per heavy atom. The summed E-state index contributed by atoms with van der Waals surface area (Å²) < 4.78 is 332. The fourth-order valence-electron chi connectivity index (χ4n) is 2.35.